The van der Waals surface area contributed by atoms with Crippen LogP contribution in [-0.2, 0) is 23.9 Å². The Hall–Kier alpha value is -1.85. The first-order valence-electron chi connectivity index (χ1n) is 11.1. The summed E-state index contributed by atoms with van der Waals surface area (Å²) in [5, 5.41) is 2.69. The fraction of sp³-hybridized carbons (Fsp3) is 0.783. The Morgan fingerprint density at radius 2 is 1.38 bits per heavy atom. The summed E-state index contributed by atoms with van der Waals surface area (Å²) in [7, 11) is 0. The van der Waals surface area contributed by atoms with Gasteiger partial charge in [0.25, 0.3) is 0 Å². The molecule has 0 aliphatic rings. The number of unbranched alkanes of at least 4 members (excludes halogenated alkanes) is 10. The summed E-state index contributed by atoms with van der Waals surface area (Å²) in [5.41, 5.74) is 0. The minimum Gasteiger partial charge on any atom is -0.464 e. The van der Waals surface area contributed by atoms with E-state index in [4.69, 9.17) is 9.47 Å². The highest BCUT2D eigenvalue weighted by atomic mass is 16.6. The van der Waals surface area contributed by atoms with Crippen LogP contribution in [0.4, 0.5) is 0 Å². The van der Waals surface area contributed by atoms with Gasteiger partial charge in [0, 0.05) is 20.8 Å². The molecule has 0 spiro atoms. The number of carbonyl (C=O) groups excluding carboxylic acids is 3. The predicted molar refractivity (Wildman–Crippen MR) is 115 cm³/mol. The number of nitrogens with one attached hydrogen (secondary N) is 1. The molecule has 2 atom stereocenters. The average molecular weight is 412 g/mol. The second-order valence-electron chi connectivity index (χ2n) is 7.58. The summed E-state index contributed by atoms with van der Waals surface area (Å²) in [4.78, 5) is 34.0. The molecule has 0 aromatic rings. The molecule has 29 heavy (non-hydrogen) atoms. The summed E-state index contributed by atoms with van der Waals surface area (Å²) >= 11 is 0. The highest BCUT2D eigenvalue weighted by Gasteiger charge is 2.24. The molecule has 6 nitrogen and oxygen atoms in total. The Morgan fingerprint density at radius 1 is 0.828 bits per heavy atom. The third-order valence-corrected chi connectivity index (χ3v) is 4.60. The van der Waals surface area contributed by atoms with Crippen LogP contribution in [0.1, 0.15) is 98.3 Å². The zero-order valence-corrected chi connectivity index (χ0v) is 18.8. The maximum atomic E-state index is 11.4. The molecule has 1 N–H and O–H groups in total. The lowest BCUT2D eigenvalue weighted by atomic mass is 10.1. The van der Waals surface area contributed by atoms with Gasteiger partial charge in [-0.1, -0.05) is 70.8 Å². The van der Waals surface area contributed by atoms with Gasteiger partial charge in [-0.05, 0) is 18.9 Å². The zero-order valence-electron chi connectivity index (χ0n) is 18.8. The van der Waals surface area contributed by atoms with Gasteiger partial charge >= 0.3 is 11.9 Å². The Bertz CT molecular complexity index is 490. The maximum absolute atomic E-state index is 11.4. The number of esters is 2. The lowest BCUT2D eigenvalue weighted by Crippen LogP contribution is -2.46. The van der Waals surface area contributed by atoms with E-state index in [-0.39, 0.29) is 12.5 Å². The molecule has 0 radical (unpaired) electrons. The van der Waals surface area contributed by atoms with Crippen molar-refractivity contribution >= 4 is 17.8 Å². The molecule has 0 aromatic heterocycles. The van der Waals surface area contributed by atoms with Gasteiger partial charge in [0.05, 0.1) is 0 Å². The Kier molecular flexibility index (Phi) is 17.0. The smallest absolute Gasteiger partial charge is 0.303 e. The van der Waals surface area contributed by atoms with Crippen LogP contribution in [0.2, 0.25) is 0 Å². The molecule has 6 heteroatoms. The molecule has 0 bridgehead atoms. The molecule has 0 saturated carbocycles. The monoisotopic (exact) mass is 411 g/mol. The standard InChI is InChI=1S/C23H41NO5/c1-5-6-7-8-9-10-11-12-13-14-15-16-17-23(29-21(4)27)22(24-19(2)25)18-28-20(3)26/h16-17,22-23H,5-15,18H2,1-4H3,(H,24,25)/b17-16+/t22-,23+/m0/s1. The Morgan fingerprint density at radius 3 is 1.86 bits per heavy atom. The van der Waals surface area contributed by atoms with Gasteiger partial charge in [-0.3, -0.25) is 14.4 Å². The van der Waals surface area contributed by atoms with Crippen molar-refractivity contribution in [2.24, 2.45) is 0 Å². The number of amides is 1. The third kappa shape index (κ3) is 17.9. The van der Waals surface area contributed by atoms with Crippen LogP contribution in [0.25, 0.3) is 0 Å². The summed E-state index contributed by atoms with van der Waals surface area (Å²) in [6.07, 6.45) is 16.8. The second-order valence-corrected chi connectivity index (χ2v) is 7.58. The van der Waals surface area contributed by atoms with Gasteiger partial charge in [0.15, 0.2) is 0 Å². The number of rotatable bonds is 17. The molecule has 0 fully saturated rings. The van der Waals surface area contributed by atoms with Crippen molar-refractivity contribution in [1.29, 1.82) is 0 Å². The predicted octanol–water partition coefficient (Wildman–Crippen LogP) is 4.85. The molecule has 0 unspecified atom stereocenters. The molecule has 0 aliphatic heterocycles. The van der Waals surface area contributed by atoms with E-state index in [1.165, 1.54) is 78.6 Å². The van der Waals surface area contributed by atoms with Crippen molar-refractivity contribution in [3.05, 3.63) is 12.2 Å². The van der Waals surface area contributed by atoms with E-state index in [2.05, 4.69) is 12.2 Å². The van der Waals surface area contributed by atoms with Crippen molar-refractivity contribution in [3.63, 3.8) is 0 Å². The first-order valence-corrected chi connectivity index (χ1v) is 11.1. The normalized spacial score (nSPS) is 13.1. The quantitative estimate of drug-likeness (QED) is 0.210. The summed E-state index contributed by atoms with van der Waals surface area (Å²) < 4.78 is 10.3. The maximum Gasteiger partial charge on any atom is 0.303 e. The Balaban J connectivity index is 4.26. The number of allylic oxidation sites excluding steroid dienone is 1. The van der Waals surface area contributed by atoms with E-state index in [9.17, 15) is 14.4 Å². The van der Waals surface area contributed by atoms with E-state index >= 15 is 0 Å². The van der Waals surface area contributed by atoms with Gasteiger partial charge in [-0.15, -0.1) is 0 Å². The zero-order chi connectivity index (χ0) is 21.9. The van der Waals surface area contributed by atoms with Gasteiger partial charge in [-0.2, -0.15) is 0 Å². The van der Waals surface area contributed by atoms with Crippen LogP contribution in [-0.4, -0.2) is 36.6 Å². The topological polar surface area (TPSA) is 81.7 Å². The van der Waals surface area contributed by atoms with Crippen molar-refractivity contribution < 1.29 is 23.9 Å². The Labute approximate surface area is 176 Å². The van der Waals surface area contributed by atoms with Gasteiger partial charge < -0.3 is 14.8 Å². The van der Waals surface area contributed by atoms with Crippen LogP contribution in [0.5, 0.6) is 0 Å². The summed E-state index contributed by atoms with van der Waals surface area (Å²) in [6, 6.07) is -0.607. The van der Waals surface area contributed by atoms with Gasteiger partial charge in [-0.25, -0.2) is 0 Å². The minimum atomic E-state index is -0.668. The van der Waals surface area contributed by atoms with Crippen LogP contribution >= 0.6 is 0 Å². The first kappa shape index (κ1) is 27.1. The van der Waals surface area contributed by atoms with Crippen molar-refractivity contribution in [1.82, 2.24) is 5.32 Å². The van der Waals surface area contributed by atoms with Crippen LogP contribution in [0.15, 0.2) is 12.2 Å². The molecule has 0 saturated heterocycles. The van der Waals surface area contributed by atoms with Crippen LogP contribution in [0, 0.1) is 0 Å². The lowest BCUT2D eigenvalue weighted by Gasteiger charge is -2.24. The molecule has 0 aromatic carbocycles. The molecule has 1 amide bonds. The summed E-state index contributed by atoms with van der Waals surface area (Å²) in [5.74, 6) is -1.17. The largest absolute Gasteiger partial charge is 0.464 e. The molecule has 168 valence electrons. The first-order chi connectivity index (χ1) is 13.9. The minimum absolute atomic E-state index is 0.0462. The van der Waals surface area contributed by atoms with E-state index in [1.54, 1.807) is 6.08 Å². The molecular weight excluding hydrogens is 370 g/mol. The number of hydrogen-bond acceptors (Lipinski definition) is 5. The molecule has 0 aliphatic carbocycles. The van der Waals surface area contributed by atoms with E-state index < -0.39 is 24.1 Å². The number of ether oxygens (including phenoxy) is 2. The third-order valence-electron chi connectivity index (χ3n) is 4.60. The number of carbonyl (C=O) groups is 3. The van der Waals surface area contributed by atoms with Crippen LogP contribution < -0.4 is 5.32 Å². The van der Waals surface area contributed by atoms with E-state index in [1.807, 2.05) is 6.08 Å². The van der Waals surface area contributed by atoms with E-state index in [0.717, 1.165) is 12.8 Å². The SMILES string of the molecule is CCCCCCCCCCCC/C=C/[C@@H](OC(C)=O)[C@H](COC(C)=O)NC(C)=O. The second kappa shape index (κ2) is 18.2. The molecule has 0 rings (SSSR count). The highest BCUT2D eigenvalue weighted by Crippen LogP contribution is 2.12. The van der Waals surface area contributed by atoms with Crippen LogP contribution in [0.3, 0.4) is 0 Å². The van der Waals surface area contributed by atoms with Crippen molar-refractivity contribution in [2.75, 3.05) is 6.61 Å². The molecule has 0 heterocycles. The highest BCUT2D eigenvalue weighted by molar-refractivity contribution is 5.73. The fourth-order valence-electron chi connectivity index (χ4n) is 3.11. The lowest BCUT2D eigenvalue weighted by molar-refractivity contribution is -0.149. The number of hydrogen-bond donors (Lipinski definition) is 1. The summed E-state index contributed by atoms with van der Waals surface area (Å²) in [6.45, 7) is 6.18. The van der Waals surface area contributed by atoms with Crippen molar-refractivity contribution in [2.45, 2.75) is 110 Å². The fourth-order valence-corrected chi connectivity index (χ4v) is 3.11. The van der Waals surface area contributed by atoms with Crippen molar-refractivity contribution in [3.8, 4) is 0 Å². The van der Waals surface area contributed by atoms with E-state index in [0.29, 0.717) is 0 Å². The van der Waals surface area contributed by atoms with Gasteiger partial charge in [0.1, 0.15) is 18.8 Å². The average Bonchev–Trinajstić information content (AvgIpc) is 2.64. The van der Waals surface area contributed by atoms with Gasteiger partial charge in [0.2, 0.25) is 5.91 Å². The molecular formula is C23H41NO5.